The molecule has 0 saturated carbocycles. The second-order valence-electron chi connectivity index (χ2n) is 4.59. The lowest BCUT2D eigenvalue weighted by atomic mass is 10.0. The van der Waals surface area contributed by atoms with Crippen LogP contribution in [0, 0.1) is 17.6 Å². The van der Waals surface area contributed by atoms with Crippen molar-refractivity contribution in [1.82, 2.24) is 0 Å². The minimum absolute atomic E-state index is 0.0345. The SMILES string of the molecule is CC(C)CC(Cl)CCc1c(F)ccc(Br)c1F. The van der Waals surface area contributed by atoms with Gasteiger partial charge in [-0.05, 0) is 53.2 Å². The lowest BCUT2D eigenvalue weighted by Crippen LogP contribution is -2.07. The predicted molar refractivity (Wildman–Crippen MR) is 71.5 cm³/mol. The van der Waals surface area contributed by atoms with E-state index in [-0.39, 0.29) is 10.9 Å². The zero-order valence-electron chi connectivity index (χ0n) is 9.94. The third kappa shape index (κ3) is 4.55. The Balaban J connectivity index is 2.66. The molecule has 17 heavy (non-hydrogen) atoms. The van der Waals surface area contributed by atoms with Gasteiger partial charge < -0.3 is 0 Å². The van der Waals surface area contributed by atoms with Gasteiger partial charge in [0.1, 0.15) is 11.6 Å². The van der Waals surface area contributed by atoms with Crippen molar-refractivity contribution in [3.05, 3.63) is 33.8 Å². The Morgan fingerprint density at radius 2 is 1.94 bits per heavy atom. The largest absolute Gasteiger partial charge is 0.207 e. The van der Waals surface area contributed by atoms with Gasteiger partial charge in [-0.3, -0.25) is 0 Å². The zero-order valence-corrected chi connectivity index (χ0v) is 12.3. The van der Waals surface area contributed by atoms with E-state index in [9.17, 15) is 8.78 Å². The molecule has 0 nitrogen and oxygen atoms in total. The molecule has 0 amide bonds. The number of hydrogen-bond donors (Lipinski definition) is 0. The summed E-state index contributed by atoms with van der Waals surface area (Å²) < 4.78 is 27.4. The third-order valence-corrected chi connectivity index (χ3v) is 3.58. The average Bonchev–Trinajstić information content (AvgIpc) is 2.23. The van der Waals surface area contributed by atoms with Gasteiger partial charge in [0.15, 0.2) is 0 Å². The van der Waals surface area contributed by atoms with Gasteiger partial charge in [-0.25, -0.2) is 8.78 Å². The summed E-state index contributed by atoms with van der Waals surface area (Å²) in [5.74, 6) is -0.521. The third-order valence-electron chi connectivity index (χ3n) is 2.57. The Bertz CT molecular complexity index is 380. The Labute approximate surface area is 114 Å². The van der Waals surface area contributed by atoms with Crippen LogP contribution in [-0.4, -0.2) is 5.38 Å². The highest BCUT2D eigenvalue weighted by Crippen LogP contribution is 2.24. The molecule has 0 aliphatic heterocycles. The Kier molecular flexibility index (Phi) is 5.87. The first-order valence-electron chi connectivity index (χ1n) is 5.68. The van der Waals surface area contributed by atoms with Crippen LogP contribution in [0.1, 0.15) is 32.3 Å². The lowest BCUT2D eigenvalue weighted by Gasteiger charge is -2.12. The smallest absolute Gasteiger partial charge is 0.143 e. The molecule has 0 spiro atoms. The van der Waals surface area contributed by atoms with Gasteiger partial charge in [0, 0.05) is 10.9 Å². The van der Waals surface area contributed by atoms with E-state index in [0.29, 0.717) is 23.2 Å². The van der Waals surface area contributed by atoms with E-state index < -0.39 is 11.6 Å². The van der Waals surface area contributed by atoms with Gasteiger partial charge in [-0.15, -0.1) is 11.6 Å². The average molecular weight is 326 g/mol. The van der Waals surface area contributed by atoms with Gasteiger partial charge in [-0.2, -0.15) is 0 Å². The summed E-state index contributed by atoms with van der Waals surface area (Å²) >= 11 is 9.17. The second kappa shape index (κ2) is 6.69. The first-order chi connectivity index (χ1) is 7.91. The molecule has 1 atom stereocenters. The standard InChI is InChI=1S/C13H16BrClF2/c1-8(2)7-9(15)3-4-10-12(16)6-5-11(14)13(10)17/h5-6,8-9H,3-4,7H2,1-2H3. The molecule has 0 aliphatic rings. The van der Waals surface area contributed by atoms with Gasteiger partial charge in [0.25, 0.3) is 0 Å². The number of halogens is 4. The van der Waals surface area contributed by atoms with Crippen molar-refractivity contribution in [3.63, 3.8) is 0 Å². The minimum atomic E-state index is -0.515. The Morgan fingerprint density at radius 3 is 2.53 bits per heavy atom. The van der Waals surface area contributed by atoms with Gasteiger partial charge in [0.05, 0.1) is 4.47 Å². The predicted octanol–water partition coefficient (Wildman–Crippen LogP) is 5.31. The molecule has 0 aliphatic carbocycles. The maximum atomic E-state index is 13.6. The van der Waals surface area contributed by atoms with Crippen molar-refractivity contribution >= 4 is 27.5 Å². The molecule has 0 bridgehead atoms. The maximum absolute atomic E-state index is 13.6. The van der Waals surface area contributed by atoms with E-state index in [1.165, 1.54) is 12.1 Å². The number of alkyl halides is 1. The fourth-order valence-corrected chi connectivity index (χ4v) is 2.57. The fraction of sp³-hybridized carbons (Fsp3) is 0.538. The second-order valence-corrected chi connectivity index (χ2v) is 6.06. The van der Waals surface area contributed by atoms with Crippen LogP contribution in [0.15, 0.2) is 16.6 Å². The van der Waals surface area contributed by atoms with Crippen molar-refractivity contribution < 1.29 is 8.78 Å². The van der Waals surface area contributed by atoms with Crippen molar-refractivity contribution in [3.8, 4) is 0 Å². The summed E-state index contributed by atoms with van der Waals surface area (Å²) in [6, 6.07) is 2.65. The van der Waals surface area contributed by atoms with Crippen LogP contribution in [0.2, 0.25) is 0 Å². The molecular formula is C13H16BrClF2. The normalized spacial score (nSPS) is 13.1. The molecule has 0 N–H and O–H groups in total. The topological polar surface area (TPSA) is 0 Å². The Morgan fingerprint density at radius 1 is 1.29 bits per heavy atom. The summed E-state index contributed by atoms with van der Waals surface area (Å²) in [4.78, 5) is 0. The van der Waals surface area contributed by atoms with E-state index in [0.717, 1.165) is 6.42 Å². The van der Waals surface area contributed by atoms with Crippen LogP contribution >= 0.6 is 27.5 Å². The Hall–Kier alpha value is -0.150. The van der Waals surface area contributed by atoms with Crippen LogP contribution in [-0.2, 0) is 6.42 Å². The molecule has 4 heteroatoms. The number of benzene rings is 1. The number of hydrogen-bond acceptors (Lipinski definition) is 0. The molecular weight excluding hydrogens is 309 g/mol. The van der Waals surface area contributed by atoms with E-state index in [2.05, 4.69) is 29.8 Å². The van der Waals surface area contributed by atoms with Gasteiger partial charge in [0.2, 0.25) is 0 Å². The van der Waals surface area contributed by atoms with Crippen LogP contribution in [0.3, 0.4) is 0 Å². The highest BCUT2D eigenvalue weighted by atomic mass is 79.9. The molecule has 0 saturated heterocycles. The molecule has 96 valence electrons. The minimum Gasteiger partial charge on any atom is -0.207 e. The molecule has 0 aromatic heterocycles. The molecule has 0 radical (unpaired) electrons. The van der Waals surface area contributed by atoms with Crippen LogP contribution in [0.4, 0.5) is 8.78 Å². The van der Waals surface area contributed by atoms with E-state index in [1.54, 1.807) is 0 Å². The summed E-state index contributed by atoms with van der Waals surface area (Å²) in [5, 5.41) is -0.0345. The first-order valence-corrected chi connectivity index (χ1v) is 6.91. The van der Waals surface area contributed by atoms with Crippen molar-refractivity contribution in [2.24, 2.45) is 5.92 Å². The van der Waals surface area contributed by atoms with E-state index >= 15 is 0 Å². The van der Waals surface area contributed by atoms with Crippen molar-refractivity contribution in [2.75, 3.05) is 0 Å². The van der Waals surface area contributed by atoms with Crippen LogP contribution in [0.25, 0.3) is 0 Å². The molecule has 1 aromatic carbocycles. The van der Waals surface area contributed by atoms with Crippen LogP contribution < -0.4 is 0 Å². The summed E-state index contributed by atoms with van der Waals surface area (Å²) in [6.07, 6.45) is 1.78. The summed E-state index contributed by atoms with van der Waals surface area (Å²) in [7, 11) is 0. The number of rotatable bonds is 5. The molecule has 1 aromatic rings. The van der Waals surface area contributed by atoms with E-state index in [1.807, 2.05) is 0 Å². The summed E-state index contributed by atoms with van der Waals surface area (Å²) in [6.45, 7) is 4.16. The molecule has 1 unspecified atom stereocenters. The quantitative estimate of drug-likeness (QED) is 0.508. The molecule has 0 fully saturated rings. The van der Waals surface area contributed by atoms with Gasteiger partial charge >= 0.3 is 0 Å². The van der Waals surface area contributed by atoms with Crippen molar-refractivity contribution in [2.45, 2.75) is 38.5 Å². The van der Waals surface area contributed by atoms with Gasteiger partial charge in [-0.1, -0.05) is 13.8 Å². The maximum Gasteiger partial charge on any atom is 0.143 e. The summed E-state index contributed by atoms with van der Waals surface area (Å²) in [5.41, 5.74) is 0.119. The first kappa shape index (κ1) is 14.9. The lowest BCUT2D eigenvalue weighted by molar-refractivity contribution is 0.518. The molecule has 0 heterocycles. The monoisotopic (exact) mass is 324 g/mol. The van der Waals surface area contributed by atoms with Crippen LogP contribution in [0.5, 0.6) is 0 Å². The van der Waals surface area contributed by atoms with E-state index in [4.69, 9.17) is 11.6 Å². The van der Waals surface area contributed by atoms with Crippen molar-refractivity contribution in [1.29, 1.82) is 0 Å². The zero-order chi connectivity index (χ0) is 13.0. The highest BCUT2D eigenvalue weighted by Gasteiger charge is 2.14. The molecule has 1 rings (SSSR count). The highest BCUT2D eigenvalue weighted by molar-refractivity contribution is 9.10. The fourth-order valence-electron chi connectivity index (χ4n) is 1.73.